The molecule has 1 aliphatic rings. The Labute approximate surface area is 164 Å². The molecule has 0 spiro atoms. The summed E-state index contributed by atoms with van der Waals surface area (Å²) in [5.74, 6) is 1.53. The van der Waals surface area contributed by atoms with Gasteiger partial charge < -0.3 is 19.7 Å². The fourth-order valence-electron chi connectivity index (χ4n) is 3.27. The van der Waals surface area contributed by atoms with Crippen LogP contribution in [0.3, 0.4) is 0 Å². The number of hydrogen-bond donors (Lipinski definition) is 1. The zero-order valence-corrected chi connectivity index (χ0v) is 16.3. The highest BCUT2D eigenvalue weighted by atomic mass is 16.5. The van der Waals surface area contributed by atoms with E-state index < -0.39 is 0 Å². The van der Waals surface area contributed by atoms with E-state index in [9.17, 15) is 9.59 Å². The molecule has 28 heavy (non-hydrogen) atoms. The Balaban J connectivity index is 1.66. The van der Waals surface area contributed by atoms with Crippen molar-refractivity contribution in [3.63, 3.8) is 0 Å². The van der Waals surface area contributed by atoms with Gasteiger partial charge in [0.2, 0.25) is 5.91 Å². The van der Waals surface area contributed by atoms with Gasteiger partial charge in [-0.3, -0.25) is 9.59 Å². The molecule has 8 heteroatoms. The molecule has 0 bridgehead atoms. The first-order chi connectivity index (χ1) is 13.6. The summed E-state index contributed by atoms with van der Waals surface area (Å²) in [6, 6.07) is 10.5. The van der Waals surface area contributed by atoms with E-state index in [4.69, 9.17) is 9.47 Å². The van der Waals surface area contributed by atoms with Crippen molar-refractivity contribution in [1.29, 1.82) is 0 Å². The third-order valence-electron chi connectivity index (χ3n) is 4.90. The van der Waals surface area contributed by atoms with Crippen LogP contribution in [0, 0.1) is 5.92 Å². The summed E-state index contributed by atoms with van der Waals surface area (Å²) in [4.78, 5) is 26.6. The van der Waals surface area contributed by atoms with E-state index in [1.165, 1.54) is 10.7 Å². The number of anilines is 1. The van der Waals surface area contributed by atoms with E-state index in [0.717, 1.165) is 37.5 Å². The van der Waals surface area contributed by atoms with Crippen molar-refractivity contribution < 1.29 is 14.3 Å². The summed E-state index contributed by atoms with van der Waals surface area (Å²) < 4.78 is 11.5. The summed E-state index contributed by atoms with van der Waals surface area (Å²) >= 11 is 0. The Morgan fingerprint density at radius 1 is 1.14 bits per heavy atom. The molecular weight excluding hydrogens is 360 g/mol. The number of rotatable bonds is 7. The molecule has 3 rings (SSSR count). The zero-order chi connectivity index (χ0) is 19.9. The Morgan fingerprint density at radius 2 is 1.86 bits per heavy atom. The molecule has 1 aliphatic heterocycles. The number of benzene rings is 1. The van der Waals surface area contributed by atoms with Crippen LogP contribution in [0.4, 0.5) is 5.82 Å². The maximum absolute atomic E-state index is 12.3. The molecule has 1 amide bonds. The first-order valence-corrected chi connectivity index (χ1v) is 9.39. The molecule has 0 aliphatic carbocycles. The number of piperidine rings is 1. The number of methoxy groups -OCH3 is 2. The molecule has 1 N–H and O–H groups in total. The minimum atomic E-state index is -0.193. The Morgan fingerprint density at radius 3 is 2.50 bits per heavy atom. The normalized spacial score (nSPS) is 14.7. The molecule has 0 unspecified atom stereocenters. The molecule has 1 fully saturated rings. The minimum absolute atomic E-state index is 0.000555. The summed E-state index contributed by atoms with van der Waals surface area (Å²) in [6.07, 6.45) is 1.50. The third-order valence-corrected chi connectivity index (χ3v) is 4.90. The summed E-state index contributed by atoms with van der Waals surface area (Å²) in [5, 5.41) is 7.43. The van der Waals surface area contributed by atoms with Gasteiger partial charge in [-0.2, -0.15) is 4.68 Å². The lowest BCUT2D eigenvalue weighted by Crippen LogP contribution is -2.42. The molecule has 150 valence electrons. The number of carbonyl (C=O) groups is 1. The minimum Gasteiger partial charge on any atom is -0.497 e. The predicted molar refractivity (Wildman–Crippen MR) is 106 cm³/mol. The molecule has 1 aromatic carbocycles. The predicted octanol–water partition coefficient (Wildman–Crippen LogP) is 1.22. The average molecular weight is 386 g/mol. The van der Waals surface area contributed by atoms with Gasteiger partial charge >= 0.3 is 0 Å². The smallest absolute Gasteiger partial charge is 0.271 e. The van der Waals surface area contributed by atoms with Crippen molar-refractivity contribution in [2.75, 3.05) is 45.4 Å². The first-order valence-electron chi connectivity index (χ1n) is 9.39. The van der Waals surface area contributed by atoms with Gasteiger partial charge in [0, 0.05) is 38.7 Å². The van der Waals surface area contributed by atoms with Crippen LogP contribution in [0.1, 0.15) is 12.8 Å². The van der Waals surface area contributed by atoms with Gasteiger partial charge in [-0.05, 0) is 43.2 Å². The number of amides is 1. The van der Waals surface area contributed by atoms with Crippen LogP contribution >= 0.6 is 0 Å². The van der Waals surface area contributed by atoms with Crippen molar-refractivity contribution in [2.45, 2.75) is 12.8 Å². The van der Waals surface area contributed by atoms with Crippen LogP contribution in [0.5, 0.6) is 5.75 Å². The number of hydrogen-bond acceptors (Lipinski definition) is 6. The second-order valence-electron chi connectivity index (χ2n) is 6.68. The lowest BCUT2D eigenvalue weighted by Gasteiger charge is -2.32. The molecule has 2 aromatic rings. The maximum Gasteiger partial charge on any atom is 0.271 e. The Bertz CT molecular complexity index is 842. The quantitative estimate of drug-likeness (QED) is 0.720. The van der Waals surface area contributed by atoms with E-state index >= 15 is 0 Å². The zero-order valence-electron chi connectivity index (χ0n) is 16.3. The van der Waals surface area contributed by atoms with Gasteiger partial charge in [-0.25, -0.2) is 0 Å². The molecule has 0 atom stereocenters. The van der Waals surface area contributed by atoms with Gasteiger partial charge in [0.25, 0.3) is 5.56 Å². The molecular formula is C20H26N4O4. The maximum atomic E-state index is 12.3. The Kier molecular flexibility index (Phi) is 6.65. The summed E-state index contributed by atoms with van der Waals surface area (Å²) in [6.45, 7) is 2.48. The van der Waals surface area contributed by atoms with Gasteiger partial charge in [-0.15, -0.1) is 5.10 Å². The number of aromatic nitrogens is 2. The van der Waals surface area contributed by atoms with Crippen molar-refractivity contribution in [1.82, 2.24) is 15.1 Å². The van der Waals surface area contributed by atoms with Crippen molar-refractivity contribution in [2.24, 2.45) is 5.92 Å². The topological polar surface area (TPSA) is 85.7 Å². The van der Waals surface area contributed by atoms with Gasteiger partial charge in [0.15, 0.2) is 0 Å². The second-order valence-corrected chi connectivity index (χ2v) is 6.68. The van der Waals surface area contributed by atoms with Gasteiger partial charge in [0.05, 0.1) is 19.4 Å². The van der Waals surface area contributed by atoms with Crippen LogP contribution in [0.2, 0.25) is 0 Å². The number of ether oxygens (including phenoxy) is 2. The monoisotopic (exact) mass is 386 g/mol. The Hall–Kier alpha value is -2.87. The van der Waals surface area contributed by atoms with E-state index in [0.29, 0.717) is 18.8 Å². The number of nitrogens with zero attached hydrogens (tertiary/aromatic N) is 3. The van der Waals surface area contributed by atoms with Crippen molar-refractivity contribution in [3.05, 3.63) is 46.8 Å². The third kappa shape index (κ3) is 4.69. The average Bonchev–Trinajstić information content (AvgIpc) is 2.74. The van der Waals surface area contributed by atoms with E-state index in [-0.39, 0.29) is 17.4 Å². The molecule has 0 saturated carbocycles. The molecule has 1 saturated heterocycles. The molecule has 8 nitrogen and oxygen atoms in total. The van der Waals surface area contributed by atoms with Gasteiger partial charge in [0.1, 0.15) is 11.6 Å². The SMILES string of the molecule is COCCNC(=O)C1CCN(c2ccc(=O)n(-c3ccc(OC)cc3)n2)CC1. The summed E-state index contributed by atoms with van der Waals surface area (Å²) in [7, 11) is 3.21. The fraction of sp³-hybridized carbons (Fsp3) is 0.450. The molecule has 2 heterocycles. The van der Waals surface area contributed by atoms with Crippen LogP contribution in [-0.2, 0) is 9.53 Å². The molecule has 1 aromatic heterocycles. The van der Waals surface area contributed by atoms with E-state index in [1.54, 1.807) is 44.6 Å². The lowest BCUT2D eigenvalue weighted by molar-refractivity contribution is -0.125. The van der Waals surface area contributed by atoms with Crippen molar-refractivity contribution in [3.8, 4) is 11.4 Å². The van der Waals surface area contributed by atoms with Crippen LogP contribution in [0.25, 0.3) is 5.69 Å². The highest BCUT2D eigenvalue weighted by molar-refractivity contribution is 5.78. The second kappa shape index (κ2) is 9.36. The standard InChI is InChI=1S/C20H26N4O4/c1-27-14-11-21-20(26)15-9-12-23(13-10-15)18-7-8-19(25)24(22-18)16-3-5-17(28-2)6-4-16/h3-8,15H,9-14H2,1-2H3,(H,21,26). The van der Waals surface area contributed by atoms with Crippen LogP contribution < -0.4 is 20.5 Å². The highest BCUT2D eigenvalue weighted by Gasteiger charge is 2.25. The fourth-order valence-corrected chi connectivity index (χ4v) is 3.27. The number of nitrogens with one attached hydrogen (secondary N) is 1. The van der Waals surface area contributed by atoms with Crippen LogP contribution in [0.15, 0.2) is 41.2 Å². The highest BCUT2D eigenvalue weighted by Crippen LogP contribution is 2.22. The van der Waals surface area contributed by atoms with Gasteiger partial charge in [-0.1, -0.05) is 0 Å². The summed E-state index contributed by atoms with van der Waals surface area (Å²) in [5.41, 5.74) is 0.487. The number of carbonyl (C=O) groups excluding carboxylic acids is 1. The van der Waals surface area contributed by atoms with E-state index in [1.807, 2.05) is 0 Å². The molecule has 0 radical (unpaired) electrons. The largest absolute Gasteiger partial charge is 0.497 e. The van der Waals surface area contributed by atoms with Crippen molar-refractivity contribution >= 4 is 11.7 Å². The lowest BCUT2D eigenvalue weighted by atomic mass is 9.96. The first kappa shape index (κ1) is 19.9. The van der Waals surface area contributed by atoms with Crippen LogP contribution in [-0.4, -0.2) is 56.1 Å². The van der Waals surface area contributed by atoms with E-state index in [2.05, 4.69) is 15.3 Å².